The van der Waals surface area contributed by atoms with E-state index >= 15 is 0 Å². The minimum atomic E-state index is -0.638. The first-order valence-electron chi connectivity index (χ1n) is 10.2. The van der Waals surface area contributed by atoms with E-state index in [-0.39, 0.29) is 29.0 Å². The summed E-state index contributed by atoms with van der Waals surface area (Å²) in [4.78, 5) is 11.7. The Kier molecular flexibility index (Phi) is 4.73. The van der Waals surface area contributed by atoms with Gasteiger partial charge in [-0.2, -0.15) is 0 Å². The number of halogens is 1. The number of aliphatic hydroxyl groups is 1. The molecule has 2 fully saturated rings. The van der Waals surface area contributed by atoms with Gasteiger partial charge in [0.2, 0.25) is 0 Å². The molecule has 0 aromatic heterocycles. The Morgan fingerprint density at radius 2 is 2.07 bits per heavy atom. The van der Waals surface area contributed by atoms with Crippen molar-refractivity contribution in [3.8, 4) is 0 Å². The Morgan fingerprint density at radius 1 is 1.29 bits per heavy atom. The number of hydrogen-bond donors (Lipinski definition) is 1. The predicted molar refractivity (Wildman–Crippen MR) is 107 cm³/mol. The van der Waals surface area contributed by atoms with Gasteiger partial charge in [-0.05, 0) is 83.9 Å². The summed E-state index contributed by atoms with van der Waals surface area (Å²) < 4.78 is 19.2. The second-order valence-electron chi connectivity index (χ2n) is 9.56. The van der Waals surface area contributed by atoms with E-state index in [1.54, 1.807) is 13.0 Å². The third-order valence-electron chi connectivity index (χ3n) is 6.85. The van der Waals surface area contributed by atoms with Crippen molar-refractivity contribution >= 4 is 11.5 Å². The summed E-state index contributed by atoms with van der Waals surface area (Å²) in [5.74, 6) is -0.527. The highest BCUT2D eigenvalue weighted by Crippen LogP contribution is 2.62. The van der Waals surface area contributed by atoms with Crippen LogP contribution in [0.15, 0.2) is 35.9 Å². The molecule has 1 aliphatic heterocycles. The zero-order valence-electron chi connectivity index (χ0n) is 16.9. The number of cyclic esters (lactones) is 1. The van der Waals surface area contributed by atoms with E-state index in [1.165, 1.54) is 17.6 Å². The molecule has 0 radical (unpaired) electrons. The molecule has 150 valence electrons. The standard InChI is InChI=1S/C24H29FO3/c1-15-10-16(4-7-21(15)25)19-13-23(2)8-9-24(3,14-23)20(19)6-5-18-11-17(26)12-22(27)28-18/h4-7,10,17-18,26H,8-9,11-14H2,1-3H3/b6-5+/t17-,18-,23?,24?/m0/s1. The number of hydrogen-bond acceptors (Lipinski definition) is 3. The lowest BCUT2D eigenvalue weighted by atomic mass is 9.66. The van der Waals surface area contributed by atoms with Crippen LogP contribution >= 0.6 is 0 Å². The third-order valence-corrected chi connectivity index (χ3v) is 6.85. The van der Waals surface area contributed by atoms with Gasteiger partial charge in [0, 0.05) is 6.42 Å². The minimum Gasteiger partial charge on any atom is -0.458 e. The summed E-state index contributed by atoms with van der Waals surface area (Å²) >= 11 is 0. The summed E-state index contributed by atoms with van der Waals surface area (Å²) in [6.07, 6.45) is 7.93. The van der Waals surface area contributed by atoms with Crippen molar-refractivity contribution in [1.29, 1.82) is 0 Å². The van der Waals surface area contributed by atoms with Crippen molar-refractivity contribution < 1.29 is 19.0 Å². The maximum atomic E-state index is 13.8. The largest absolute Gasteiger partial charge is 0.458 e. The Hall–Kier alpha value is -1.94. The van der Waals surface area contributed by atoms with Crippen LogP contribution in [0.1, 0.15) is 63.5 Å². The van der Waals surface area contributed by atoms with E-state index < -0.39 is 12.2 Å². The van der Waals surface area contributed by atoms with Gasteiger partial charge in [-0.15, -0.1) is 0 Å². The summed E-state index contributed by atoms with van der Waals surface area (Å²) in [5.41, 5.74) is 4.62. The molecular formula is C24H29FO3. The van der Waals surface area contributed by atoms with E-state index in [0.717, 1.165) is 24.8 Å². The van der Waals surface area contributed by atoms with Gasteiger partial charge in [-0.3, -0.25) is 4.79 Å². The van der Waals surface area contributed by atoms with E-state index in [9.17, 15) is 14.3 Å². The van der Waals surface area contributed by atoms with Crippen LogP contribution in [0.3, 0.4) is 0 Å². The monoisotopic (exact) mass is 384 g/mol. The molecule has 3 aliphatic rings. The van der Waals surface area contributed by atoms with Gasteiger partial charge in [0.05, 0.1) is 12.5 Å². The third kappa shape index (κ3) is 3.55. The van der Waals surface area contributed by atoms with Crippen molar-refractivity contribution in [2.45, 2.75) is 71.5 Å². The Morgan fingerprint density at radius 3 is 2.79 bits per heavy atom. The molecular weight excluding hydrogens is 355 g/mol. The van der Waals surface area contributed by atoms with Crippen LogP contribution < -0.4 is 0 Å². The number of fused-ring (bicyclic) bond motifs is 2. The van der Waals surface area contributed by atoms with Gasteiger partial charge in [0.1, 0.15) is 11.9 Å². The average Bonchev–Trinajstić information content (AvgIpc) is 2.86. The molecule has 3 nitrogen and oxygen atoms in total. The van der Waals surface area contributed by atoms with Crippen LogP contribution in [-0.2, 0) is 9.53 Å². The number of aliphatic hydroxyl groups excluding tert-OH is 1. The van der Waals surface area contributed by atoms with Gasteiger partial charge in [-0.1, -0.05) is 26.0 Å². The molecule has 1 saturated carbocycles. The molecule has 2 aliphatic carbocycles. The SMILES string of the molecule is Cc1cc(C2=C(/C=C/[C@H]3C[C@H](O)CC(=O)O3)C3(C)CCC(C)(C2)C3)ccc1F. The van der Waals surface area contributed by atoms with Gasteiger partial charge in [0.15, 0.2) is 0 Å². The van der Waals surface area contributed by atoms with E-state index in [4.69, 9.17) is 4.74 Å². The number of rotatable bonds is 3. The highest BCUT2D eigenvalue weighted by Gasteiger charge is 2.49. The second kappa shape index (κ2) is 6.84. The quantitative estimate of drug-likeness (QED) is 0.737. The molecule has 1 saturated heterocycles. The lowest BCUT2D eigenvalue weighted by Gasteiger charge is -2.39. The van der Waals surface area contributed by atoms with Crippen molar-refractivity contribution in [3.05, 3.63) is 52.9 Å². The second-order valence-corrected chi connectivity index (χ2v) is 9.56. The van der Waals surface area contributed by atoms with Gasteiger partial charge in [-0.25, -0.2) is 4.39 Å². The molecule has 2 bridgehead atoms. The summed E-state index contributed by atoms with van der Waals surface area (Å²) in [5, 5.41) is 9.88. The summed E-state index contributed by atoms with van der Waals surface area (Å²) in [6, 6.07) is 5.38. The van der Waals surface area contributed by atoms with Crippen molar-refractivity contribution in [2.75, 3.05) is 0 Å². The summed E-state index contributed by atoms with van der Waals surface area (Å²) in [6.45, 7) is 6.47. The molecule has 1 N–H and O–H groups in total. The Balaban J connectivity index is 1.75. The lowest BCUT2D eigenvalue weighted by Crippen LogP contribution is -2.31. The average molecular weight is 384 g/mol. The summed E-state index contributed by atoms with van der Waals surface area (Å²) in [7, 11) is 0. The fraction of sp³-hybridized carbons (Fsp3) is 0.542. The number of esters is 1. The smallest absolute Gasteiger partial charge is 0.309 e. The van der Waals surface area contributed by atoms with Crippen LogP contribution in [0, 0.1) is 23.6 Å². The molecule has 1 aromatic carbocycles. The maximum Gasteiger partial charge on any atom is 0.309 e. The van der Waals surface area contributed by atoms with E-state index in [0.29, 0.717) is 12.0 Å². The zero-order valence-corrected chi connectivity index (χ0v) is 16.9. The van der Waals surface area contributed by atoms with Crippen molar-refractivity contribution in [3.63, 3.8) is 0 Å². The first-order valence-corrected chi connectivity index (χ1v) is 10.2. The number of ether oxygens (including phenoxy) is 1. The van der Waals surface area contributed by atoms with E-state index in [2.05, 4.69) is 19.9 Å². The van der Waals surface area contributed by atoms with Crippen LogP contribution in [0.2, 0.25) is 0 Å². The number of allylic oxidation sites excluding steroid dienone is 3. The molecule has 4 heteroatoms. The fourth-order valence-electron chi connectivity index (χ4n) is 5.49. The number of benzene rings is 1. The number of carbonyl (C=O) groups excluding carboxylic acids is 1. The topological polar surface area (TPSA) is 46.5 Å². The first kappa shape index (κ1) is 19.4. The molecule has 4 rings (SSSR count). The molecule has 0 spiro atoms. The predicted octanol–water partition coefficient (Wildman–Crippen LogP) is 5.11. The zero-order chi connectivity index (χ0) is 20.1. The van der Waals surface area contributed by atoms with Crippen molar-refractivity contribution in [1.82, 2.24) is 0 Å². The number of carbonyl (C=O) groups is 1. The Labute approximate surface area is 166 Å². The van der Waals surface area contributed by atoms with Crippen LogP contribution in [0.5, 0.6) is 0 Å². The maximum absolute atomic E-state index is 13.8. The lowest BCUT2D eigenvalue weighted by molar-refractivity contribution is -0.156. The molecule has 0 amide bonds. The fourth-order valence-corrected chi connectivity index (χ4v) is 5.49. The van der Waals surface area contributed by atoms with Crippen LogP contribution in [0.4, 0.5) is 4.39 Å². The molecule has 4 atom stereocenters. The number of aryl methyl sites for hydroxylation is 1. The van der Waals surface area contributed by atoms with E-state index in [1.807, 2.05) is 18.2 Å². The molecule has 1 heterocycles. The minimum absolute atomic E-state index is 0.0679. The Bertz CT molecular complexity index is 871. The van der Waals surface area contributed by atoms with Crippen LogP contribution in [0.25, 0.3) is 5.57 Å². The van der Waals surface area contributed by atoms with Gasteiger partial charge < -0.3 is 9.84 Å². The molecule has 1 aromatic rings. The van der Waals surface area contributed by atoms with Gasteiger partial charge in [0.25, 0.3) is 0 Å². The van der Waals surface area contributed by atoms with Crippen LogP contribution in [-0.4, -0.2) is 23.3 Å². The van der Waals surface area contributed by atoms with Crippen molar-refractivity contribution in [2.24, 2.45) is 10.8 Å². The highest BCUT2D eigenvalue weighted by atomic mass is 19.1. The van der Waals surface area contributed by atoms with Gasteiger partial charge >= 0.3 is 5.97 Å². The molecule has 28 heavy (non-hydrogen) atoms. The first-order chi connectivity index (χ1) is 13.2. The molecule has 2 unspecified atom stereocenters. The highest BCUT2D eigenvalue weighted by molar-refractivity contribution is 5.75. The normalized spacial score (nSPS) is 35.5.